The van der Waals surface area contributed by atoms with Gasteiger partial charge in [-0.25, -0.2) is 17.6 Å². The summed E-state index contributed by atoms with van der Waals surface area (Å²) in [4.78, 5) is 0.163. The molecule has 5 N–H and O–H groups in total. The molecule has 0 radical (unpaired) electrons. The van der Waals surface area contributed by atoms with Crippen LogP contribution in [0.15, 0.2) is 41.4 Å². The maximum atomic E-state index is 14.1. The van der Waals surface area contributed by atoms with E-state index in [2.05, 4.69) is 5.32 Å². The quantitative estimate of drug-likeness (QED) is 0.347. The third-order valence-electron chi connectivity index (χ3n) is 4.45. The molecule has 32 heavy (non-hydrogen) atoms. The highest BCUT2D eigenvalue weighted by Gasteiger charge is 2.38. The van der Waals surface area contributed by atoms with Crippen LogP contribution in [0.3, 0.4) is 0 Å². The highest BCUT2D eigenvalue weighted by molar-refractivity contribution is 7.99. The fourth-order valence-corrected chi connectivity index (χ4v) is 4.20. The molecular formula is C20H19ClF4N2O4S. The molecule has 0 bridgehead atoms. The molecule has 1 aliphatic heterocycles. The fourth-order valence-electron chi connectivity index (χ4n) is 2.82. The molecule has 4 unspecified atom stereocenters. The predicted molar refractivity (Wildman–Crippen MR) is 110 cm³/mol. The van der Waals surface area contributed by atoms with Gasteiger partial charge in [0.1, 0.15) is 23.5 Å². The Morgan fingerprint density at radius 3 is 2.44 bits per heavy atom. The van der Waals surface area contributed by atoms with E-state index < -0.39 is 53.8 Å². The van der Waals surface area contributed by atoms with Crippen molar-refractivity contribution in [1.82, 2.24) is 5.32 Å². The zero-order valence-electron chi connectivity index (χ0n) is 16.3. The average Bonchev–Trinajstić information content (AvgIpc) is 2.75. The van der Waals surface area contributed by atoms with Gasteiger partial charge in [-0.15, -0.1) is 0 Å². The third-order valence-corrected chi connectivity index (χ3v) is 5.90. The molecule has 0 spiro atoms. The summed E-state index contributed by atoms with van der Waals surface area (Å²) in [5.74, 6) is -4.94. The van der Waals surface area contributed by atoms with Crippen LogP contribution in [0.5, 0.6) is 0 Å². The number of nitrogens with one attached hydrogen (secondary N) is 1. The van der Waals surface area contributed by atoms with Crippen LogP contribution in [0, 0.1) is 23.3 Å². The normalized spacial score (nSPS) is 23.9. The van der Waals surface area contributed by atoms with E-state index in [9.17, 15) is 27.8 Å². The van der Waals surface area contributed by atoms with Crippen molar-refractivity contribution in [2.45, 2.75) is 28.8 Å². The highest BCUT2D eigenvalue weighted by atomic mass is 35.5. The maximum Gasteiger partial charge on any atom is 0.194 e. The molecule has 0 amide bonds. The highest BCUT2D eigenvalue weighted by Crippen LogP contribution is 2.35. The van der Waals surface area contributed by atoms with Gasteiger partial charge in [0.15, 0.2) is 23.7 Å². The van der Waals surface area contributed by atoms with Gasteiger partial charge in [-0.3, -0.25) is 0 Å². The van der Waals surface area contributed by atoms with Crippen molar-refractivity contribution in [3.05, 3.63) is 70.4 Å². The van der Waals surface area contributed by atoms with Gasteiger partial charge in [-0.2, -0.15) is 0 Å². The predicted octanol–water partition coefficient (Wildman–Crippen LogP) is 2.96. The fraction of sp³-hybridized carbons (Fsp3) is 0.300. The van der Waals surface area contributed by atoms with Crippen molar-refractivity contribution < 1.29 is 37.2 Å². The number of halogens is 5. The molecule has 0 aromatic heterocycles. The Hall–Kier alpha value is -2.02. The summed E-state index contributed by atoms with van der Waals surface area (Å²) in [5, 5.41) is 22.4. The largest absolute Gasteiger partial charge is 0.397 e. The van der Waals surface area contributed by atoms with Gasteiger partial charge in [-0.05, 0) is 30.3 Å². The smallest absolute Gasteiger partial charge is 0.194 e. The first-order chi connectivity index (χ1) is 15.2. The zero-order valence-corrected chi connectivity index (χ0v) is 17.8. The molecule has 12 heteroatoms. The monoisotopic (exact) mass is 494 g/mol. The molecule has 2 aromatic rings. The van der Waals surface area contributed by atoms with Crippen molar-refractivity contribution in [2.75, 3.05) is 13.2 Å². The molecule has 4 atom stereocenters. The van der Waals surface area contributed by atoms with Crippen molar-refractivity contribution in [3.63, 3.8) is 0 Å². The lowest BCUT2D eigenvalue weighted by Crippen LogP contribution is -2.52. The standard InChI is InChI=1S/C20H19ClF4N2O4S/c21-10-1-2-11(22)17(5-10)32-20-15(30-19(29)16(8-28)31-20)7-27-6-14(26)9-3-12(23)18(25)13(24)4-9/h1-6,15-16,19-20,27-29H,7-8,26H2/b14-6-. The summed E-state index contributed by atoms with van der Waals surface area (Å²) in [5.41, 5.74) is 4.72. The summed E-state index contributed by atoms with van der Waals surface area (Å²) < 4.78 is 65.2. The summed E-state index contributed by atoms with van der Waals surface area (Å²) in [6.45, 7) is -0.563. The van der Waals surface area contributed by atoms with E-state index in [-0.39, 0.29) is 22.7 Å². The van der Waals surface area contributed by atoms with Crippen molar-refractivity contribution in [3.8, 4) is 0 Å². The van der Waals surface area contributed by atoms with Crippen molar-refractivity contribution >= 4 is 29.1 Å². The van der Waals surface area contributed by atoms with Crippen LogP contribution in [0.2, 0.25) is 5.02 Å². The molecule has 1 fully saturated rings. The number of thioether (sulfide) groups is 1. The third kappa shape index (κ3) is 5.85. The van der Waals surface area contributed by atoms with Crippen molar-refractivity contribution in [2.24, 2.45) is 5.73 Å². The van der Waals surface area contributed by atoms with Crippen molar-refractivity contribution in [1.29, 1.82) is 0 Å². The van der Waals surface area contributed by atoms with E-state index in [0.29, 0.717) is 5.02 Å². The topological polar surface area (TPSA) is 97.0 Å². The lowest BCUT2D eigenvalue weighted by atomic mass is 10.1. The first-order valence-corrected chi connectivity index (χ1v) is 10.5. The molecule has 1 saturated heterocycles. The summed E-state index contributed by atoms with van der Waals surface area (Å²) in [6, 6.07) is 5.44. The van der Waals surface area contributed by atoms with Crippen LogP contribution in [-0.2, 0) is 9.47 Å². The number of benzene rings is 2. The van der Waals surface area contributed by atoms with Crippen LogP contribution >= 0.6 is 23.4 Å². The van der Waals surface area contributed by atoms with E-state index >= 15 is 0 Å². The molecule has 0 aliphatic carbocycles. The molecule has 2 aromatic carbocycles. The first-order valence-electron chi connectivity index (χ1n) is 9.25. The minimum absolute atomic E-state index is 0.0259. The van der Waals surface area contributed by atoms with Crippen LogP contribution in [0.4, 0.5) is 17.6 Å². The molecule has 1 aliphatic rings. The number of hydrogen-bond acceptors (Lipinski definition) is 7. The van der Waals surface area contributed by atoms with Crippen LogP contribution in [-0.4, -0.2) is 47.3 Å². The van der Waals surface area contributed by atoms with E-state index in [4.69, 9.17) is 26.8 Å². The Bertz CT molecular complexity index is 977. The summed E-state index contributed by atoms with van der Waals surface area (Å²) >= 11 is 6.85. The van der Waals surface area contributed by atoms with Gasteiger partial charge < -0.3 is 30.7 Å². The number of aliphatic hydroxyl groups is 2. The number of nitrogens with two attached hydrogens (primary N) is 1. The van der Waals surface area contributed by atoms with E-state index in [1.807, 2.05) is 0 Å². The Morgan fingerprint density at radius 2 is 1.78 bits per heavy atom. The van der Waals surface area contributed by atoms with Gasteiger partial charge >= 0.3 is 0 Å². The van der Waals surface area contributed by atoms with Gasteiger partial charge in [0, 0.05) is 28.2 Å². The minimum Gasteiger partial charge on any atom is -0.397 e. The van der Waals surface area contributed by atoms with Crippen LogP contribution < -0.4 is 11.1 Å². The molecule has 1 heterocycles. The number of hydrogen-bond donors (Lipinski definition) is 4. The van der Waals surface area contributed by atoms with Gasteiger partial charge in [-0.1, -0.05) is 23.4 Å². The van der Waals surface area contributed by atoms with Gasteiger partial charge in [0.05, 0.1) is 12.3 Å². The zero-order chi connectivity index (χ0) is 23.4. The van der Waals surface area contributed by atoms with E-state index in [1.165, 1.54) is 24.4 Å². The maximum absolute atomic E-state index is 14.1. The Kier molecular flexibility index (Phi) is 8.26. The SMILES string of the molecule is N/C(=C\NCC1OC(O)C(CO)OC1Sc1cc(Cl)ccc1F)c1cc(F)c(F)c(F)c1. The number of rotatable bonds is 7. The number of ether oxygens (including phenoxy) is 2. The molecule has 6 nitrogen and oxygen atoms in total. The first kappa shape index (κ1) is 24.6. The molecule has 3 rings (SSSR count). The van der Waals surface area contributed by atoms with E-state index in [0.717, 1.165) is 23.9 Å². The second-order valence-corrected chi connectivity index (χ2v) is 8.32. The van der Waals surface area contributed by atoms with Crippen LogP contribution in [0.25, 0.3) is 5.70 Å². The Labute approximate surface area is 190 Å². The lowest BCUT2D eigenvalue weighted by molar-refractivity contribution is -0.270. The second kappa shape index (κ2) is 10.7. The molecular weight excluding hydrogens is 476 g/mol. The van der Waals surface area contributed by atoms with Gasteiger partial charge in [0.25, 0.3) is 0 Å². The average molecular weight is 495 g/mol. The summed E-state index contributed by atoms with van der Waals surface area (Å²) in [7, 11) is 0. The Morgan fingerprint density at radius 1 is 1.09 bits per heavy atom. The van der Waals surface area contributed by atoms with Gasteiger partial charge in [0.2, 0.25) is 0 Å². The lowest BCUT2D eigenvalue weighted by Gasteiger charge is -2.38. The number of aliphatic hydroxyl groups excluding tert-OH is 2. The van der Waals surface area contributed by atoms with E-state index in [1.54, 1.807) is 0 Å². The molecule has 174 valence electrons. The summed E-state index contributed by atoms with van der Waals surface area (Å²) in [6.07, 6.45) is -2.16. The Balaban J connectivity index is 1.73. The van der Waals surface area contributed by atoms with Crippen LogP contribution in [0.1, 0.15) is 5.56 Å². The molecule has 0 saturated carbocycles. The second-order valence-electron chi connectivity index (χ2n) is 6.74. The minimum atomic E-state index is -1.61.